The van der Waals surface area contributed by atoms with Gasteiger partial charge in [0.1, 0.15) is 0 Å². The van der Waals surface area contributed by atoms with Gasteiger partial charge in [-0.15, -0.1) is 0 Å². The van der Waals surface area contributed by atoms with Gasteiger partial charge in [0.25, 0.3) is 0 Å². The first-order valence-corrected chi connectivity index (χ1v) is 9.95. The highest BCUT2D eigenvalue weighted by molar-refractivity contribution is 9.10. The first-order chi connectivity index (χ1) is 12.2. The van der Waals surface area contributed by atoms with E-state index in [1.165, 1.54) is 0 Å². The van der Waals surface area contributed by atoms with Crippen LogP contribution < -0.4 is 4.87 Å². The maximum Gasteiger partial charge on any atom is 0.341 e. The Morgan fingerprint density at radius 3 is 2.12 bits per heavy atom. The Balaban J connectivity index is 2.46. The molecule has 0 saturated heterocycles. The molecule has 8 heteroatoms. The maximum atomic E-state index is 12.6. The van der Waals surface area contributed by atoms with Gasteiger partial charge in [-0.25, -0.2) is 9.59 Å². The predicted molar refractivity (Wildman–Crippen MR) is 104 cm³/mol. The van der Waals surface area contributed by atoms with E-state index in [-0.39, 0.29) is 25.0 Å². The van der Waals surface area contributed by atoms with E-state index < -0.39 is 22.9 Å². The molecule has 6 nitrogen and oxygen atoms in total. The molecule has 0 aliphatic heterocycles. The molecule has 0 fully saturated rings. The van der Waals surface area contributed by atoms with Crippen molar-refractivity contribution in [3.05, 3.63) is 32.3 Å². The van der Waals surface area contributed by atoms with Gasteiger partial charge in [0.2, 0.25) is 6.04 Å². The molecule has 0 saturated carbocycles. The van der Waals surface area contributed by atoms with Gasteiger partial charge in [-0.3, -0.25) is 9.36 Å². The van der Waals surface area contributed by atoms with E-state index in [1.54, 1.807) is 18.2 Å². The molecule has 1 aromatic heterocycles. The van der Waals surface area contributed by atoms with Gasteiger partial charge in [-0.1, -0.05) is 55.0 Å². The Morgan fingerprint density at radius 1 is 1.08 bits per heavy atom. The van der Waals surface area contributed by atoms with Gasteiger partial charge in [-0.05, 0) is 30.0 Å². The van der Waals surface area contributed by atoms with Crippen molar-refractivity contribution in [2.24, 2.45) is 11.8 Å². The van der Waals surface area contributed by atoms with Crippen molar-refractivity contribution in [3.63, 3.8) is 0 Å². The number of hydrogen-bond acceptors (Lipinski definition) is 6. The molecule has 0 amide bonds. The lowest BCUT2D eigenvalue weighted by molar-refractivity contribution is -0.162. The van der Waals surface area contributed by atoms with E-state index >= 15 is 0 Å². The minimum absolute atomic E-state index is 0.109. The lowest BCUT2D eigenvalue weighted by Gasteiger charge is -2.18. The summed E-state index contributed by atoms with van der Waals surface area (Å²) in [5, 5.41) is 0. The van der Waals surface area contributed by atoms with E-state index in [2.05, 4.69) is 15.9 Å². The summed E-state index contributed by atoms with van der Waals surface area (Å²) in [5.41, 5.74) is 0.496. The van der Waals surface area contributed by atoms with Crippen molar-refractivity contribution < 1.29 is 19.1 Å². The Bertz CT molecular complexity index is 831. The standard InChI is InChI=1S/C18H22BrNO5S/c1-10(2)8-24-16(21)15(17(22)25-9-11(3)4)20-13-6-5-12(19)7-14(13)26-18(20)23/h5-7,10-11,15H,8-9H2,1-4H3. The summed E-state index contributed by atoms with van der Waals surface area (Å²) in [6.07, 6.45) is 0. The van der Waals surface area contributed by atoms with Crippen molar-refractivity contribution >= 4 is 49.4 Å². The smallest absolute Gasteiger partial charge is 0.341 e. The van der Waals surface area contributed by atoms with Gasteiger partial charge < -0.3 is 9.47 Å². The van der Waals surface area contributed by atoms with E-state index in [0.717, 1.165) is 20.4 Å². The van der Waals surface area contributed by atoms with Gasteiger partial charge in [0.15, 0.2) is 0 Å². The Kier molecular flexibility index (Phi) is 7.00. The summed E-state index contributed by atoms with van der Waals surface area (Å²) in [4.78, 5) is 37.3. The molecule has 2 rings (SSSR count). The molecule has 0 N–H and O–H groups in total. The average molecular weight is 444 g/mol. The molecular formula is C18H22BrNO5S. The maximum absolute atomic E-state index is 12.6. The third-order valence-electron chi connectivity index (χ3n) is 3.40. The minimum Gasteiger partial charge on any atom is -0.463 e. The number of fused-ring (bicyclic) bond motifs is 1. The van der Waals surface area contributed by atoms with Crippen LogP contribution in [-0.2, 0) is 19.1 Å². The number of hydrogen-bond donors (Lipinski definition) is 0. The van der Waals surface area contributed by atoms with Crippen LogP contribution in [0.15, 0.2) is 27.5 Å². The Hall–Kier alpha value is -1.67. The summed E-state index contributed by atoms with van der Waals surface area (Å²) in [5.74, 6) is -1.34. The fourth-order valence-electron chi connectivity index (χ4n) is 2.22. The number of ether oxygens (including phenoxy) is 2. The fraction of sp³-hybridized carbons (Fsp3) is 0.500. The summed E-state index contributed by atoms with van der Waals surface area (Å²) < 4.78 is 13.1. The van der Waals surface area contributed by atoms with Crippen LogP contribution in [-0.4, -0.2) is 29.7 Å². The molecule has 26 heavy (non-hydrogen) atoms. The average Bonchev–Trinajstić information content (AvgIpc) is 2.86. The number of carbonyl (C=O) groups excluding carboxylic acids is 2. The molecule has 0 aliphatic carbocycles. The van der Waals surface area contributed by atoms with Crippen molar-refractivity contribution in [3.8, 4) is 0 Å². The third kappa shape index (κ3) is 4.94. The molecule has 0 atom stereocenters. The highest BCUT2D eigenvalue weighted by Crippen LogP contribution is 2.26. The van der Waals surface area contributed by atoms with Crippen LogP contribution >= 0.6 is 27.3 Å². The number of halogens is 1. The summed E-state index contributed by atoms with van der Waals surface area (Å²) in [6, 6.07) is 3.76. The van der Waals surface area contributed by atoms with Crippen molar-refractivity contribution in [2.45, 2.75) is 33.7 Å². The second-order valence-electron chi connectivity index (χ2n) is 6.80. The van der Waals surface area contributed by atoms with Crippen LogP contribution in [0.4, 0.5) is 0 Å². The molecule has 1 heterocycles. The molecule has 0 radical (unpaired) electrons. The molecule has 2 aromatic rings. The zero-order valence-corrected chi connectivity index (χ0v) is 17.6. The molecule has 0 spiro atoms. The Morgan fingerprint density at radius 2 is 1.62 bits per heavy atom. The first kappa shape index (κ1) is 20.6. The quantitative estimate of drug-likeness (QED) is 0.480. The largest absolute Gasteiger partial charge is 0.463 e. The molecule has 0 aliphatic rings. The number of aromatic nitrogens is 1. The second-order valence-corrected chi connectivity index (χ2v) is 8.71. The topological polar surface area (TPSA) is 74.6 Å². The van der Waals surface area contributed by atoms with Crippen LogP contribution in [0, 0.1) is 11.8 Å². The van der Waals surface area contributed by atoms with Gasteiger partial charge in [0.05, 0.1) is 23.4 Å². The van der Waals surface area contributed by atoms with Crippen LogP contribution in [0.3, 0.4) is 0 Å². The van der Waals surface area contributed by atoms with Crippen LogP contribution in [0.2, 0.25) is 0 Å². The van der Waals surface area contributed by atoms with Gasteiger partial charge in [0, 0.05) is 4.47 Å². The van der Waals surface area contributed by atoms with Crippen LogP contribution in [0.1, 0.15) is 33.7 Å². The van der Waals surface area contributed by atoms with E-state index in [9.17, 15) is 14.4 Å². The second kappa shape index (κ2) is 8.81. The lowest BCUT2D eigenvalue weighted by atomic mass is 10.2. The molecule has 0 bridgehead atoms. The normalized spacial score (nSPS) is 11.5. The van der Waals surface area contributed by atoms with Crippen molar-refractivity contribution in [2.75, 3.05) is 13.2 Å². The molecule has 142 valence electrons. The van der Waals surface area contributed by atoms with E-state index in [0.29, 0.717) is 10.2 Å². The lowest BCUT2D eigenvalue weighted by Crippen LogP contribution is -2.36. The fourth-order valence-corrected chi connectivity index (χ4v) is 3.68. The van der Waals surface area contributed by atoms with E-state index in [1.807, 2.05) is 27.7 Å². The number of benzene rings is 1. The molecular weight excluding hydrogens is 422 g/mol. The zero-order valence-electron chi connectivity index (χ0n) is 15.2. The summed E-state index contributed by atoms with van der Waals surface area (Å²) >= 11 is 4.32. The number of carbonyl (C=O) groups is 2. The van der Waals surface area contributed by atoms with Crippen molar-refractivity contribution in [1.82, 2.24) is 4.57 Å². The SMILES string of the molecule is CC(C)COC(=O)C(C(=O)OCC(C)C)n1c(=O)sc2cc(Br)ccc21. The highest BCUT2D eigenvalue weighted by Gasteiger charge is 2.35. The molecule has 0 unspecified atom stereocenters. The number of nitrogens with zero attached hydrogens (tertiary/aromatic N) is 1. The van der Waals surface area contributed by atoms with E-state index in [4.69, 9.17) is 9.47 Å². The minimum atomic E-state index is -1.45. The summed E-state index contributed by atoms with van der Waals surface area (Å²) in [7, 11) is 0. The molecule has 1 aromatic carbocycles. The summed E-state index contributed by atoms with van der Waals surface area (Å²) in [6.45, 7) is 7.89. The highest BCUT2D eigenvalue weighted by atomic mass is 79.9. The van der Waals surface area contributed by atoms with Gasteiger partial charge >= 0.3 is 16.8 Å². The van der Waals surface area contributed by atoms with Crippen LogP contribution in [0.5, 0.6) is 0 Å². The van der Waals surface area contributed by atoms with Crippen LogP contribution in [0.25, 0.3) is 10.2 Å². The number of thiazole rings is 1. The Labute approximate surface area is 164 Å². The third-order valence-corrected chi connectivity index (χ3v) is 4.81. The first-order valence-electron chi connectivity index (χ1n) is 8.34. The van der Waals surface area contributed by atoms with Crippen molar-refractivity contribution in [1.29, 1.82) is 0 Å². The zero-order chi connectivity index (χ0) is 19.4. The predicted octanol–water partition coefficient (Wildman–Crippen LogP) is 3.77. The number of esters is 2. The van der Waals surface area contributed by atoms with Gasteiger partial charge in [-0.2, -0.15) is 0 Å². The monoisotopic (exact) mass is 443 g/mol. The number of rotatable bonds is 7.